The lowest BCUT2D eigenvalue weighted by atomic mass is 10.0. The summed E-state index contributed by atoms with van der Waals surface area (Å²) in [5, 5.41) is 10.4. The number of benzene rings is 1. The number of aromatic nitrogens is 5. The Kier molecular flexibility index (Phi) is 6.69. The van der Waals surface area contributed by atoms with E-state index in [2.05, 4.69) is 19.9 Å². The molecule has 36 heavy (non-hydrogen) atoms. The lowest BCUT2D eigenvalue weighted by Crippen LogP contribution is -2.26. The smallest absolute Gasteiger partial charge is 0.264 e. The fraction of sp³-hybridized carbons (Fsp3) is 0.296. The number of pyridine rings is 1. The molecule has 0 fully saturated rings. The van der Waals surface area contributed by atoms with Gasteiger partial charge >= 0.3 is 0 Å². The average Bonchev–Trinajstić information content (AvgIpc) is 2.81. The molecule has 0 aliphatic rings. The quantitative estimate of drug-likeness (QED) is 0.404. The fourth-order valence-electron chi connectivity index (χ4n) is 3.81. The standard InChI is InChI=1S/C27H28FN5O3/c1-15-10-11-19(23-16(2)13-29-26(32-23)27(5,6)35)12-21(15)33-18(4)30-24(17(3)25(33)34)36-14-20-8-7-9-22(28)31-20/h7-13,35H,14H2,1-6H3. The molecule has 4 aromatic rings. The van der Waals surface area contributed by atoms with Crippen molar-refractivity contribution in [2.45, 2.75) is 53.8 Å². The third-order valence-corrected chi connectivity index (χ3v) is 5.80. The molecule has 1 aromatic carbocycles. The number of hydrogen-bond donors (Lipinski definition) is 1. The first kappa shape index (κ1) is 25.1. The Hall–Kier alpha value is -3.98. The van der Waals surface area contributed by atoms with Crippen molar-refractivity contribution in [2.75, 3.05) is 0 Å². The lowest BCUT2D eigenvalue weighted by molar-refractivity contribution is 0.0688. The molecule has 1 N–H and O–H groups in total. The molecule has 186 valence electrons. The van der Waals surface area contributed by atoms with Crippen LogP contribution >= 0.6 is 0 Å². The Morgan fingerprint density at radius 2 is 1.78 bits per heavy atom. The topological polar surface area (TPSA) is 103 Å². The van der Waals surface area contributed by atoms with Gasteiger partial charge in [0.15, 0.2) is 5.82 Å². The highest BCUT2D eigenvalue weighted by Gasteiger charge is 2.22. The summed E-state index contributed by atoms with van der Waals surface area (Å²) in [6, 6.07) is 10.2. The van der Waals surface area contributed by atoms with E-state index in [4.69, 9.17) is 4.74 Å². The molecule has 4 rings (SSSR count). The summed E-state index contributed by atoms with van der Waals surface area (Å²) >= 11 is 0. The van der Waals surface area contributed by atoms with E-state index in [-0.39, 0.29) is 18.0 Å². The molecule has 0 bridgehead atoms. The van der Waals surface area contributed by atoms with Gasteiger partial charge in [0.25, 0.3) is 5.56 Å². The van der Waals surface area contributed by atoms with Gasteiger partial charge < -0.3 is 9.84 Å². The van der Waals surface area contributed by atoms with Crippen molar-refractivity contribution in [3.05, 3.63) is 92.9 Å². The summed E-state index contributed by atoms with van der Waals surface area (Å²) < 4.78 is 20.6. The van der Waals surface area contributed by atoms with Gasteiger partial charge in [-0.05, 0) is 70.9 Å². The molecule has 0 aliphatic heterocycles. The Balaban J connectivity index is 1.75. The van der Waals surface area contributed by atoms with Crippen LogP contribution in [0.1, 0.15) is 47.9 Å². The van der Waals surface area contributed by atoms with E-state index in [0.717, 1.165) is 16.7 Å². The van der Waals surface area contributed by atoms with E-state index >= 15 is 0 Å². The van der Waals surface area contributed by atoms with Crippen LogP contribution < -0.4 is 10.3 Å². The van der Waals surface area contributed by atoms with E-state index < -0.39 is 11.5 Å². The van der Waals surface area contributed by atoms with E-state index in [0.29, 0.717) is 34.3 Å². The van der Waals surface area contributed by atoms with Gasteiger partial charge in [-0.3, -0.25) is 9.36 Å². The van der Waals surface area contributed by atoms with Gasteiger partial charge in [0.05, 0.1) is 22.6 Å². The maximum absolute atomic E-state index is 13.4. The van der Waals surface area contributed by atoms with Crippen LogP contribution in [0.15, 0.2) is 47.4 Å². The monoisotopic (exact) mass is 489 g/mol. The molecule has 0 radical (unpaired) electrons. The van der Waals surface area contributed by atoms with Gasteiger partial charge in [-0.15, -0.1) is 0 Å². The van der Waals surface area contributed by atoms with Crippen molar-refractivity contribution in [3.63, 3.8) is 0 Å². The van der Waals surface area contributed by atoms with Crippen molar-refractivity contribution in [1.29, 1.82) is 0 Å². The molecule has 3 aromatic heterocycles. The molecular weight excluding hydrogens is 461 g/mol. The number of aliphatic hydroxyl groups is 1. The minimum atomic E-state index is -1.19. The Bertz CT molecular complexity index is 1510. The minimum absolute atomic E-state index is 0.0144. The zero-order chi connectivity index (χ0) is 26.2. The normalized spacial score (nSPS) is 11.6. The van der Waals surface area contributed by atoms with Crippen LogP contribution in [0.2, 0.25) is 0 Å². The second-order valence-electron chi connectivity index (χ2n) is 9.26. The van der Waals surface area contributed by atoms with E-state index in [9.17, 15) is 14.3 Å². The Morgan fingerprint density at radius 3 is 2.47 bits per heavy atom. The number of hydrogen-bond acceptors (Lipinski definition) is 7. The maximum atomic E-state index is 13.4. The number of halogens is 1. The fourth-order valence-corrected chi connectivity index (χ4v) is 3.81. The minimum Gasteiger partial charge on any atom is -0.471 e. The molecule has 9 heteroatoms. The highest BCUT2D eigenvalue weighted by atomic mass is 19.1. The molecule has 0 atom stereocenters. The second kappa shape index (κ2) is 9.58. The van der Waals surface area contributed by atoms with Gasteiger partial charge in [0.1, 0.15) is 18.0 Å². The Labute approximate surface area is 208 Å². The predicted molar refractivity (Wildman–Crippen MR) is 134 cm³/mol. The van der Waals surface area contributed by atoms with Gasteiger partial charge in [-0.1, -0.05) is 18.2 Å². The zero-order valence-electron chi connectivity index (χ0n) is 21.1. The number of ether oxygens (including phenoxy) is 1. The van der Waals surface area contributed by atoms with Gasteiger partial charge in [0.2, 0.25) is 11.8 Å². The van der Waals surface area contributed by atoms with Crippen LogP contribution in [-0.4, -0.2) is 29.6 Å². The van der Waals surface area contributed by atoms with Crippen LogP contribution in [0.25, 0.3) is 16.9 Å². The number of rotatable bonds is 6. The van der Waals surface area contributed by atoms with Gasteiger partial charge in [0, 0.05) is 11.8 Å². The second-order valence-corrected chi connectivity index (χ2v) is 9.26. The maximum Gasteiger partial charge on any atom is 0.264 e. The summed E-state index contributed by atoms with van der Waals surface area (Å²) in [7, 11) is 0. The number of aryl methyl sites for hydroxylation is 3. The van der Waals surface area contributed by atoms with Gasteiger partial charge in [-0.2, -0.15) is 9.37 Å². The highest BCUT2D eigenvalue weighted by molar-refractivity contribution is 5.67. The van der Waals surface area contributed by atoms with Crippen LogP contribution in [-0.2, 0) is 12.2 Å². The Morgan fingerprint density at radius 1 is 1.03 bits per heavy atom. The summed E-state index contributed by atoms with van der Waals surface area (Å²) in [6.45, 7) is 10.4. The van der Waals surface area contributed by atoms with E-state index in [1.54, 1.807) is 46.0 Å². The molecule has 0 saturated heterocycles. The zero-order valence-corrected chi connectivity index (χ0v) is 21.1. The van der Waals surface area contributed by atoms with Crippen LogP contribution in [0.4, 0.5) is 4.39 Å². The molecule has 8 nitrogen and oxygen atoms in total. The first-order valence-corrected chi connectivity index (χ1v) is 11.5. The molecule has 0 aliphatic carbocycles. The largest absolute Gasteiger partial charge is 0.471 e. The van der Waals surface area contributed by atoms with Crippen LogP contribution in [0.5, 0.6) is 5.88 Å². The van der Waals surface area contributed by atoms with Crippen molar-refractivity contribution in [1.82, 2.24) is 24.5 Å². The van der Waals surface area contributed by atoms with Crippen LogP contribution in [0.3, 0.4) is 0 Å². The van der Waals surface area contributed by atoms with E-state index in [1.807, 2.05) is 32.0 Å². The predicted octanol–water partition coefficient (Wildman–Crippen LogP) is 4.26. The summed E-state index contributed by atoms with van der Waals surface area (Å²) in [4.78, 5) is 30.6. The van der Waals surface area contributed by atoms with Crippen molar-refractivity contribution < 1.29 is 14.2 Å². The van der Waals surface area contributed by atoms with Crippen LogP contribution in [0, 0.1) is 33.6 Å². The van der Waals surface area contributed by atoms with Gasteiger partial charge in [-0.25, -0.2) is 15.0 Å². The van der Waals surface area contributed by atoms with Crippen molar-refractivity contribution >= 4 is 0 Å². The third-order valence-electron chi connectivity index (χ3n) is 5.80. The van der Waals surface area contributed by atoms with Crippen molar-refractivity contribution in [2.24, 2.45) is 0 Å². The highest BCUT2D eigenvalue weighted by Crippen LogP contribution is 2.28. The molecular formula is C27H28FN5O3. The molecule has 0 spiro atoms. The molecule has 0 saturated carbocycles. The lowest BCUT2D eigenvalue weighted by Gasteiger charge is -2.19. The number of nitrogens with zero attached hydrogens (tertiary/aromatic N) is 5. The SMILES string of the molecule is Cc1ccc(-c2nc(C(C)(C)O)ncc2C)cc1-n1c(C)nc(OCc2cccc(F)n2)c(C)c1=O. The summed E-state index contributed by atoms with van der Waals surface area (Å²) in [5.41, 5.74) is 3.07. The molecule has 0 amide bonds. The third kappa shape index (κ3) is 5.01. The van der Waals surface area contributed by atoms with E-state index in [1.165, 1.54) is 10.6 Å². The average molecular weight is 490 g/mol. The van der Waals surface area contributed by atoms with Crippen molar-refractivity contribution in [3.8, 4) is 22.8 Å². The summed E-state index contributed by atoms with van der Waals surface area (Å²) in [6.07, 6.45) is 1.68. The molecule has 0 unspecified atom stereocenters. The first-order chi connectivity index (χ1) is 17.0. The summed E-state index contributed by atoms with van der Waals surface area (Å²) in [5.74, 6) is 0.321. The first-order valence-electron chi connectivity index (χ1n) is 11.5. The molecule has 3 heterocycles.